The average molecular weight is 386 g/mol. The molecule has 0 saturated heterocycles. The van der Waals surface area contributed by atoms with Gasteiger partial charge in [-0.05, 0) is 37.8 Å². The van der Waals surface area contributed by atoms with Gasteiger partial charge in [-0.3, -0.25) is 0 Å². The number of nitrogens with zero attached hydrogens (tertiary/aromatic N) is 3. The summed E-state index contributed by atoms with van der Waals surface area (Å²) in [5, 5.41) is 9.09. The van der Waals surface area contributed by atoms with Gasteiger partial charge in [0.05, 0.1) is 0 Å². The van der Waals surface area contributed by atoms with Crippen molar-refractivity contribution in [2.24, 2.45) is 0 Å². The van der Waals surface area contributed by atoms with E-state index in [4.69, 9.17) is 0 Å². The fourth-order valence-electron chi connectivity index (χ4n) is 3.29. The third-order valence-electron chi connectivity index (χ3n) is 4.89. The molecule has 3 rings (SSSR count). The maximum atomic E-state index is 13.6. The Bertz CT molecular complexity index is 792. The molecular weight excluding hydrogens is 359 g/mol. The van der Waals surface area contributed by atoms with Gasteiger partial charge in [0.2, 0.25) is 5.95 Å². The second-order valence-corrected chi connectivity index (χ2v) is 7.24. The molecule has 0 atom stereocenters. The van der Waals surface area contributed by atoms with Crippen LogP contribution in [0.2, 0.25) is 0 Å². The molecule has 1 heterocycles. The number of amides is 2. The number of carbonyl (C=O) groups excluding carboxylic acids is 1. The number of hydrogen-bond donors (Lipinski definition) is 3. The lowest BCUT2D eigenvalue weighted by Gasteiger charge is -2.29. The molecule has 1 saturated carbocycles. The van der Waals surface area contributed by atoms with Crippen LogP contribution < -0.4 is 20.9 Å². The van der Waals surface area contributed by atoms with Crippen molar-refractivity contribution in [3.63, 3.8) is 0 Å². The maximum absolute atomic E-state index is 13.6. The minimum Gasteiger partial charge on any atom is -0.363 e. The lowest BCUT2D eigenvalue weighted by Crippen LogP contribution is -2.44. The van der Waals surface area contributed by atoms with Crippen molar-refractivity contribution in [1.82, 2.24) is 20.6 Å². The largest absolute Gasteiger partial charge is 0.363 e. The summed E-state index contributed by atoms with van der Waals surface area (Å²) in [6.45, 7) is 0.176. The van der Waals surface area contributed by atoms with E-state index < -0.39 is 0 Å². The highest BCUT2D eigenvalue weighted by atomic mass is 19.1. The molecule has 0 aliphatic heterocycles. The van der Waals surface area contributed by atoms with E-state index in [1.54, 1.807) is 24.4 Å². The highest BCUT2D eigenvalue weighted by molar-refractivity contribution is 5.74. The fraction of sp³-hybridized carbons (Fsp3) is 0.450. The number of carbonyl (C=O) groups is 1. The van der Waals surface area contributed by atoms with Crippen LogP contribution in [0.1, 0.15) is 31.2 Å². The van der Waals surface area contributed by atoms with Crippen molar-refractivity contribution in [3.8, 4) is 0 Å². The third kappa shape index (κ3) is 5.55. The molecule has 28 heavy (non-hydrogen) atoms. The van der Waals surface area contributed by atoms with Crippen molar-refractivity contribution in [3.05, 3.63) is 47.9 Å². The number of aromatic nitrogens is 2. The third-order valence-corrected chi connectivity index (χ3v) is 4.89. The van der Waals surface area contributed by atoms with E-state index in [1.165, 1.54) is 6.07 Å². The molecule has 2 amide bonds. The van der Waals surface area contributed by atoms with Crippen LogP contribution in [0.25, 0.3) is 0 Å². The Morgan fingerprint density at radius 1 is 1.14 bits per heavy atom. The smallest absolute Gasteiger partial charge is 0.315 e. The number of anilines is 2. The number of urea groups is 1. The van der Waals surface area contributed by atoms with Crippen molar-refractivity contribution in [1.29, 1.82) is 0 Å². The Hall–Kier alpha value is -2.90. The van der Waals surface area contributed by atoms with E-state index in [9.17, 15) is 9.18 Å². The first-order valence-corrected chi connectivity index (χ1v) is 9.56. The van der Waals surface area contributed by atoms with Crippen molar-refractivity contribution < 1.29 is 9.18 Å². The maximum Gasteiger partial charge on any atom is 0.315 e. The predicted octanol–water partition coefficient (Wildman–Crippen LogP) is 2.90. The van der Waals surface area contributed by atoms with Gasteiger partial charge in [-0.2, -0.15) is 4.98 Å². The molecule has 1 aromatic heterocycles. The molecule has 3 N–H and O–H groups in total. The van der Waals surface area contributed by atoms with Gasteiger partial charge in [-0.25, -0.2) is 14.2 Å². The van der Waals surface area contributed by atoms with Crippen LogP contribution in [-0.2, 0) is 6.54 Å². The minimum atomic E-state index is -0.310. The van der Waals surface area contributed by atoms with Crippen molar-refractivity contribution >= 4 is 17.8 Å². The Kier molecular flexibility index (Phi) is 6.62. The summed E-state index contributed by atoms with van der Waals surface area (Å²) in [6.07, 6.45) is 5.34. The van der Waals surface area contributed by atoms with Gasteiger partial charge in [-0.15, -0.1) is 0 Å². The number of halogens is 1. The molecule has 1 aliphatic rings. The molecule has 0 spiro atoms. The zero-order chi connectivity index (χ0) is 19.9. The van der Waals surface area contributed by atoms with E-state index in [-0.39, 0.29) is 30.5 Å². The van der Waals surface area contributed by atoms with Gasteiger partial charge in [0.15, 0.2) is 0 Å². The monoisotopic (exact) mass is 386 g/mol. The highest BCUT2D eigenvalue weighted by Crippen LogP contribution is 2.21. The molecule has 0 unspecified atom stereocenters. The molecule has 0 bridgehead atoms. The summed E-state index contributed by atoms with van der Waals surface area (Å²) < 4.78 is 13.6. The van der Waals surface area contributed by atoms with Crippen LogP contribution in [0.3, 0.4) is 0 Å². The predicted molar refractivity (Wildman–Crippen MR) is 108 cm³/mol. The lowest BCUT2D eigenvalue weighted by atomic mass is 9.91. The summed E-state index contributed by atoms with van der Waals surface area (Å²) in [5.41, 5.74) is 0.477. The second-order valence-electron chi connectivity index (χ2n) is 7.24. The Balaban J connectivity index is 1.41. The first kappa shape index (κ1) is 19.9. The summed E-state index contributed by atoms with van der Waals surface area (Å²) in [7, 11) is 3.89. The number of nitrogens with one attached hydrogen (secondary N) is 3. The molecule has 1 fully saturated rings. The summed E-state index contributed by atoms with van der Waals surface area (Å²) in [6, 6.07) is 8.45. The zero-order valence-corrected chi connectivity index (χ0v) is 16.3. The van der Waals surface area contributed by atoms with Gasteiger partial charge >= 0.3 is 6.03 Å². The first-order chi connectivity index (χ1) is 13.5. The van der Waals surface area contributed by atoms with E-state index in [1.807, 2.05) is 25.1 Å². The minimum absolute atomic E-state index is 0.118. The van der Waals surface area contributed by atoms with Crippen LogP contribution in [0.5, 0.6) is 0 Å². The Morgan fingerprint density at radius 2 is 1.86 bits per heavy atom. The van der Waals surface area contributed by atoms with Crippen LogP contribution in [0.15, 0.2) is 36.5 Å². The number of hydrogen-bond acceptors (Lipinski definition) is 5. The standard InChI is InChI=1S/C20H27FN6O/c1-27(2)18-11-12-22-19(26-18)24-15-7-9-16(10-8-15)25-20(28)23-13-14-5-3-4-6-17(14)21/h3-6,11-12,15-16H,7-10,13H2,1-2H3,(H,22,24,26)(H2,23,25,28). The first-order valence-electron chi connectivity index (χ1n) is 9.56. The van der Waals surface area contributed by atoms with Gasteiger partial charge in [0.25, 0.3) is 0 Å². The van der Waals surface area contributed by atoms with Gasteiger partial charge in [0, 0.05) is 44.5 Å². The highest BCUT2D eigenvalue weighted by Gasteiger charge is 2.23. The van der Waals surface area contributed by atoms with Crippen molar-refractivity contribution in [2.75, 3.05) is 24.3 Å². The normalized spacial score (nSPS) is 19.0. The van der Waals surface area contributed by atoms with Gasteiger partial charge in [0.1, 0.15) is 11.6 Å². The molecule has 150 valence electrons. The van der Waals surface area contributed by atoms with E-state index in [2.05, 4.69) is 25.9 Å². The summed E-state index contributed by atoms with van der Waals surface area (Å²) >= 11 is 0. The summed E-state index contributed by atoms with van der Waals surface area (Å²) in [5.74, 6) is 1.18. The Labute approximate surface area is 164 Å². The van der Waals surface area contributed by atoms with Crippen LogP contribution >= 0.6 is 0 Å². The van der Waals surface area contributed by atoms with Gasteiger partial charge < -0.3 is 20.9 Å². The van der Waals surface area contributed by atoms with E-state index in [0.717, 1.165) is 31.5 Å². The summed E-state index contributed by atoms with van der Waals surface area (Å²) in [4.78, 5) is 22.8. The van der Waals surface area contributed by atoms with Crippen LogP contribution in [0, 0.1) is 5.82 Å². The molecular formula is C20H27FN6O. The van der Waals surface area contributed by atoms with E-state index in [0.29, 0.717) is 11.5 Å². The molecule has 1 aliphatic carbocycles. The number of benzene rings is 1. The SMILES string of the molecule is CN(C)c1ccnc(NC2CCC(NC(=O)NCc3ccccc3F)CC2)n1. The number of rotatable bonds is 6. The molecule has 0 radical (unpaired) electrons. The average Bonchev–Trinajstić information content (AvgIpc) is 2.69. The molecule has 2 aromatic rings. The molecule has 1 aromatic carbocycles. The Morgan fingerprint density at radius 3 is 2.57 bits per heavy atom. The fourth-order valence-corrected chi connectivity index (χ4v) is 3.29. The van der Waals surface area contributed by atoms with E-state index >= 15 is 0 Å². The molecule has 7 nitrogen and oxygen atoms in total. The quantitative estimate of drug-likeness (QED) is 0.711. The second kappa shape index (κ2) is 9.34. The topological polar surface area (TPSA) is 82.2 Å². The van der Waals surface area contributed by atoms with Gasteiger partial charge in [-0.1, -0.05) is 18.2 Å². The van der Waals surface area contributed by atoms with Crippen LogP contribution in [0.4, 0.5) is 21.0 Å². The van der Waals surface area contributed by atoms with Crippen LogP contribution in [-0.4, -0.2) is 42.2 Å². The zero-order valence-electron chi connectivity index (χ0n) is 16.3. The lowest BCUT2D eigenvalue weighted by molar-refractivity contribution is 0.231. The van der Waals surface area contributed by atoms with Crippen molar-refractivity contribution in [2.45, 2.75) is 44.3 Å². The molecule has 8 heteroatoms.